The first-order valence-electron chi connectivity index (χ1n) is 25.7. The molecule has 5 rings (SSSR count). The van der Waals surface area contributed by atoms with Gasteiger partial charge >= 0.3 is 0 Å². The number of para-hydroxylation sites is 4. The zero-order valence-corrected chi connectivity index (χ0v) is 41.6. The Labute approximate surface area is 392 Å². The van der Waals surface area contributed by atoms with Crippen LogP contribution < -0.4 is 33.9 Å². The van der Waals surface area contributed by atoms with Crippen molar-refractivity contribution in [2.45, 2.75) is 234 Å². The molecule has 0 bridgehead atoms. The van der Waals surface area contributed by atoms with E-state index in [1.807, 2.05) is 0 Å². The zero-order valence-electron chi connectivity index (χ0n) is 40.1. The van der Waals surface area contributed by atoms with Crippen LogP contribution in [0, 0.1) is 13.8 Å². The van der Waals surface area contributed by atoms with Gasteiger partial charge in [0.05, 0.1) is 13.1 Å². The van der Waals surface area contributed by atoms with Gasteiger partial charge in [-0.3, -0.25) is 0 Å². The molecule has 0 aliphatic carbocycles. The van der Waals surface area contributed by atoms with Crippen LogP contribution in [0.15, 0.2) is 72.8 Å². The van der Waals surface area contributed by atoms with E-state index in [1.54, 1.807) is 0 Å². The average molecular weight is 888 g/mol. The van der Waals surface area contributed by atoms with E-state index in [0.717, 1.165) is 26.2 Å². The number of benzene rings is 3. The van der Waals surface area contributed by atoms with Crippen molar-refractivity contribution < 1.29 is 33.9 Å². The normalized spacial score (nSPS) is 11.4. The number of fused-ring (bicyclic) bond motifs is 2. The van der Waals surface area contributed by atoms with Gasteiger partial charge in [0.25, 0.3) is 11.6 Å². The lowest BCUT2D eigenvalue weighted by atomic mass is 10.0. The molecule has 0 fully saturated rings. The van der Waals surface area contributed by atoms with Crippen molar-refractivity contribution in [3.05, 3.63) is 95.6 Å². The molecule has 2 heterocycles. The molecule has 0 aliphatic heterocycles. The third-order valence-corrected chi connectivity index (χ3v) is 13.7. The summed E-state index contributed by atoms with van der Waals surface area (Å²) in [6.07, 6.45) is 39.3. The third kappa shape index (κ3) is 17.6. The van der Waals surface area contributed by atoms with Crippen molar-refractivity contribution in [3.63, 3.8) is 0 Å². The fraction of sp³-hybridized carbons (Fsp3) is 0.643. The first-order chi connectivity index (χ1) is 29.6. The molecule has 5 aromatic rings. The van der Waals surface area contributed by atoms with E-state index in [2.05, 4.69) is 119 Å². The van der Waals surface area contributed by atoms with Crippen molar-refractivity contribution in [1.82, 2.24) is 9.13 Å². The second-order valence-electron chi connectivity index (χ2n) is 18.6. The Bertz CT molecular complexity index is 1750. The summed E-state index contributed by atoms with van der Waals surface area (Å²) in [5.74, 6) is 2.74. The van der Waals surface area contributed by atoms with Crippen molar-refractivity contribution in [2.24, 2.45) is 0 Å². The highest BCUT2D eigenvalue weighted by molar-refractivity contribution is 5.73. The van der Waals surface area contributed by atoms with Crippen molar-refractivity contribution in [1.29, 1.82) is 0 Å². The molecule has 0 radical (unpaired) electrons. The minimum atomic E-state index is 0. The summed E-state index contributed by atoms with van der Waals surface area (Å²) >= 11 is 0. The number of nitrogens with zero attached hydrogens (tertiary/aromatic N) is 4. The predicted octanol–water partition coefficient (Wildman–Crippen LogP) is 9.86. The standard InChI is InChI=1S/C56H88N4.2ClH/c1-5-7-9-11-13-15-17-19-21-23-25-27-29-35-45-57-49(3)59(55-39-33-31-37-53(55)57)47-51-41-43-52(44-42-51)48-60-50(4)58(54-38-32-34-40-56(54)60)46-36-30-28-26-24-22-20-18-16-14-12-10-8-6-2;;/h31-34,37-44H,5-30,35-36,45-48H2,1-4H3;2*1H/q+2;;/p-2. The minimum absolute atomic E-state index is 0. The molecule has 0 amide bonds. The fourth-order valence-corrected chi connectivity index (χ4v) is 9.84. The van der Waals surface area contributed by atoms with E-state index in [0.29, 0.717) is 0 Å². The number of imidazole rings is 2. The van der Waals surface area contributed by atoms with E-state index in [-0.39, 0.29) is 24.8 Å². The van der Waals surface area contributed by atoms with Gasteiger partial charge in [0.2, 0.25) is 0 Å². The Morgan fingerprint density at radius 3 is 0.887 bits per heavy atom. The molecular formula is C56H88Cl2N4. The van der Waals surface area contributed by atoms with Crippen LogP contribution in [0.2, 0.25) is 0 Å². The highest BCUT2D eigenvalue weighted by Gasteiger charge is 2.23. The number of aromatic nitrogens is 4. The SMILES string of the molecule is CCCCCCCCCCCCCCCCn1c(C)[n+](Cc2ccc(C[n+]3c(C)n(CCCCCCCCCCCCCCCC)c4ccccc43)cc2)c2ccccc21.[Cl-].[Cl-]. The van der Waals surface area contributed by atoms with Crippen molar-refractivity contribution >= 4 is 22.1 Å². The zero-order chi connectivity index (χ0) is 42.0. The van der Waals surface area contributed by atoms with E-state index < -0.39 is 0 Å². The Morgan fingerprint density at radius 2 is 0.597 bits per heavy atom. The highest BCUT2D eigenvalue weighted by Crippen LogP contribution is 2.21. The summed E-state index contributed by atoms with van der Waals surface area (Å²) < 4.78 is 10.2. The smallest absolute Gasteiger partial charge is 0.254 e. The second kappa shape index (κ2) is 31.9. The largest absolute Gasteiger partial charge is 1.00 e. The van der Waals surface area contributed by atoms with Crippen LogP contribution in [-0.2, 0) is 26.2 Å². The summed E-state index contributed by atoms with van der Waals surface area (Å²) in [4.78, 5) is 0. The maximum Gasteiger partial charge on any atom is 0.254 e. The van der Waals surface area contributed by atoms with Gasteiger partial charge in [0, 0.05) is 13.8 Å². The maximum absolute atomic E-state index is 2.58. The third-order valence-electron chi connectivity index (χ3n) is 13.7. The molecule has 0 saturated heterocycles. The van der Waals surface area contributed by atoms with E-state index in [1.165, 1.54) is 225 Å². The van der Waals surface area contributed by atoms with Crippen LogP contribution >= 0.6 is 0 Å². The number of halogens is 2. The Balaban J connectivity index is 0.00000512. The Morgan fingerprint density at radius 1 is 0.339 bits per heavy atom. The molecule has 0 aliphatic rings. The molecule has 0 atom stereocenters. The van der Waals surface area contributed by atoms with Gasteiger partial charge in [-0.1, -0.05) is 216 Å². The molecule has 2 aromatic heterocycles. The minimum Gasteiger partial charge on any atom is -1.00 e. The van der Waals surface area contributed by atoms with Gasteiger partial charge in [-0.05, 0) is 61.1 Å². The first-order valence-corrected chi connectivity index (χ1v) is 25.7. The van der Waals surface area contributed by atoms with Crippen LogP contribution in [0.1, 0.15) is 216 Å². The van der Waals surface area contributed by atoms with Gasteiger partial charge in [0.1, 0.15) is 13.1 Å². The number of rotatable bonds is 34. The molecule has 6 heteroatoms. The Kier molecular flexibility index (Phi) is 27.6. The molecule has 62 heavy (non-hydrogen) atoms. The van der Waals surface area contributed by atoms with Crippen LogP contribution in [0.3, 0.4) is 0 Å². The average Bonchev–Trinajstić information content (AvgIpc) is 3.69. The second-order valence-corrected chi connectivity index (χ2v) is 18.6. The topological polar surface area (TPSA) is 17.6 Å². The molecule has 0 saturated carbocycles. The van der Waals surface area contributed by atoms with Gasteiger partial charge in [-0.2, -0.15) is 0 Å². The lowest BCUT2D eigenvalue weighted by Gasteiger charge is -2.06. The Hall–Kier alpha value is -2.82. The monoisotopic (exact) mass is 887 g/mol. The number of aryl methyl sites for hydroxylation is 2. The van der Waals surface area contributed by atoms with Gasteiger partial charge in [0.15, 0.2) is 22.1 Å². The van der Waals surface area contributed by atoms with Crippen LogP contribution in [0.4, 0.5) is 0 Å². The molecule has 4 nitrogen and oxygen atoms in total. The summed E-state index contributed by atoms with van der Waals surface area (Å²) in [6.45, 7) is 13.3. The van der Waals surface area contributed by atoms with Crippen LogP contribution in [0.5, 0.6) is 0 Å². The molecule has 346 valence electrons. The quantitative estimate of drug-likeness (QED) is 0.0290. The summed E-state index contributed by atoms with van der Waals surface area (Å²) in [7, 11) is 0. The van der Waals surface area contributed by atoms with E-state index >= 15 is 0 Å². The van der Waals surface area contributed by atoms with Crippen molar-refractivity contribution in [3.8, 4) is 0 Å². The summed E-state index contributed by atoms with van der Waals surface area (Å²) in [5.41, 5.74) is 8.18. The number of unbranched alkanes of at least 4 members (excludes halogenated alkanes) is 26. The van der Waals surface area contributed by atoms with E-state index in [4.69, 9.17) is 0 Å². The van der Waals surface area contributed by atoms with Crippen LogP contribution in [0.25, 0.3) is 22.1 Å². The molecule has 0 spiro atoms. The van der Waals surface area contributed by atoms with Gasteiger partial charge < -0.3 is 24.8 Å². The lowest BCUT2D eigenvalue weighted by molar-refractivity contribution is -0.670. The fourth-order valence-electron chi connectivity index (χ4n) is 9.84. The number of hydrogen-bond donors (Lipinski definition) is 0. The van der Waals surface area contributed by atoms with Crippen molar-refractivity contribution in [2.75, 3.05) is 0 Å². The van der Waals surface area contributed by atoms with Gasteiger partial charge in [-0.15, -0.1) is 0 Å². The maximum atomic E-state index is 2.58. The predicted molar refractivity (Wildman–Crippen MR) is 259 cm³/mol. The first kappa shape index (κ1) is 53.5. The summed E-state index contributed by atoms with van der Waals surface area (Å²) in [5, 5.41) is 0. The highest BCUT2D eigenvalue weighted by atomic mass is 35.5. The molecule has 0 unspecified atom stereocenters. The van der Waals surface area contributed by atoms with Crippen LogP contribution in [-0.4, -0.2) is 9.13 Å². The van der Waals surface area contributed by atoms with E-state index in [9.17, 15) is 0 Å². The molecular weight excluding hydrogens is 800 g/mol. The molecule has 0 N–H and O–H groups in total. The molecule has 3 aromatic carbocycles. The summed E-state index contributed by atoms with van der Waals surface area (Å²) in [6, 6.07) is 27.5. The van der Waals surface area contributed by atoms with Gasteiger partial charge in [-0.25, -0.2) is 18.3 Å². The number of hydrogen-bond acceptors (Lipinski definition) is 0. The lowest BCUT2D eigenvalue weighted by Crippen LogP contribution is -3.00.